The second kappa shape index (κ2) is 8.85. The SMILES string of the molecule is Cn1c(Cc2ccccc2)nnc1SCC(=O)c1c(-c2ccccc2)[nH]c2ccccc12. The molecule has 0 aliphatic carbocycles. The van der Waals surface area contributed by atoms with E-state index in [4.69, 9.17) is 0 Å². The van der Waals surface area contributed by atoms with Gasteiger partial charge in [-0.15, -0.1) is 10.2 Å². The molecule has 0 spiro atoms. The van der Waals surface area contributed by atoms with E-state index in [0.29, 0.717) is 12.2 Å². The Morgan fingerprint density at radius 3 is 2.38 bits per heavy atom. The van der Waals surface area contributed by atoms with Crippen LogP contribution in [0.4, 0.5) is 0 Å². The van der Waals surface area contributed by atoms with E-state index >= 15 is 0 Å². The first kappa shape index (κ1) is 20.3. The number of ketones is 1. The molecule has 5 rings (SSSR count). The van der Waals surface area contributed by atoms with E-state index in [0.717, 1.165) is 38.7 Å². The van der Waals surface area contributed by atoms with E-state index < -0.39 is 0 Å². The summed E-state index contributed by atoms with van der Waals surface area (Å²) in [7, 11) is 1.95. The van der Waals surface area contributed by atoms with Gasteiger partial charge in [-0.2, -0.15) is 0 Å². The van der Waals surface area contributed by atoms with Crippen molar-refractivity contribution in [3.05, 3.63) is 102 Å². The normalized spacial score (nSPS) is 11.2. The highest BCUT2D eigenvalue weighted by Crippen LogP contribution is 2.32. The van der Waals surface area contributed by atoms with Crippen molar-refractivity contribution in [1.82, 2.24) is 19.7 Å². The predicted molar refractivity (Wildman–Crippen MR) is 129 cm³/mol. The standard InChI is InChI=1S/C26H22N4OS/c1-30-23(16-18-10-4-2-5-11-18)28-29-26(30)32-17-22(31)24-20-14-8-9-15-21(20)27-25(24)19-12-6-3-7-13-19/h2-15,27H,16-17H2,1H3. The van der Waals surface area contributed by atoms with E-state index in [1.54, 1.807) is 0 Å². The van der Waals surface area contributed by atoms with Crippen molar-refractivity contribution in [1.29, 1.82) is 0 Å². The van der Waals surface area contributed by atoms with Gasteiger partial charge in [0.05, 0.1) is 17.0 Å². The summed E-state index contributed by atoms with van der Waals surface area (Å²) in [5.41, 5.74) is 4.73. The van der Waals surface area contributed by atoms with E-state index in [-0.39, 0.29) is 5.78 Å². The van der Waals surface area contributed by atoms with Crippen molar-refractivity contribution < 1.29 is 4.79 Å². The molecule has 5 aromatic rings. The van der Waals surface area contributed by atoms with Gasteiger partial charge in [-0.3, -0.25) is 4.79 Å². The summed E-state index contributed by atoms with van der Waals surface area (Å²) in [6, 6.07) is 28.1. The summed E-state index contributed by atoms with van der Waals surface area (Å²) in [4.78, 5) is 16.8. The van der Waals surface area contributed by atoms with Crippen LogP contribution in [0.1, 0.15) is 21.7 Å². The smallest absolute Gasteiger partial charge is 0.191 e. The van der Waals surface area contributed by atoms with Gasteiger partial charge < -0.3 is 9.55 Å². The van der Waals surface area contributed by atoms with Crippen molar-refractivity contribution in [2.24, 2.45) is 7.05 Å². The first-order chi connectivity index (χ1) is 15.7. The summed E-state index contributed by atoms with van der Waals surface area (Å²) < 4.78 is 1.97. The molecule has 5 nitrogen and oxygen atoms in total. The Morgan fingerprint density at radius 2 is 1.59 bits per heavy atom. The highest BCUT2D eigenvalue weighted by molar-refractivity contribution is 7.99. The number of fused-ring (bicyclic) bond motifs is 1. The number of nitrogens with one attached hydrogen (secondary N) is 1. The van der Waals surface area contributed by atoms with Crippen LogP contribution in [0.15, 0.2) is 90.1 Å². The molecule has 1 N–H and O–H groups in total. The summed E-state index contributed by atoms with van der Waals surface area (Å²) in [6.07, 6.45) is 0.708. The summed E-state index contributed by atoms with van der Waals surface area (Å²) >= 11 is 1.42. The van der Waals surface area contributed by atoms with Gasteiger partial charge in [0.15, 0.2) is 10.9 Å². The van der Waals surface area contributed by atoms with Gasteiger partial charge in [-0.05, 0) is 17.2 Å². The first-order valence-electron chi connectivity index (χ1n) is 10.4. The van der Waals surface area contributed by atoms with E-state index in [2.05, 4.69) is 27.3 Å². The number of para-hydroxylation sites is 1. The van der Waals surface area contributed by atoms with Crippen LogP contribution in [-0.2, 0) is 13.5 Å². The van der Waals surface area contributed by atoms with Gasteiger partial charge >= 0.3 is 0 Å². The lowest BCUT2D eigenvalue weighted by molar-refractivity contribution is 0.102. The number of rotatable bonds is 7. The summed E-state index contributed by atoms with van der Waals surface area (Å²) in [6.45, 7) is 0. The maximum absolute atomic E-state index is 13.4. The van der Waals surface area contributed by atoms with Gasteiger partial charge in [0, 0.05) is 24.4 Å². The summed E-state index contributed by atoms with van der Waals surface area (Å²) in [5.74, 6) is 1.24. The molecule has 158 valence electrons. The van der Waals surface area contributed by atoms with Gasteiger partial charge in [0.1, 0.15) is 5.82 Å². The van der Waals surface area contributed by atoms with Crippen LogP contribution >= 0.6 is 11.8 Å². The molecule has 3 aromatic carbocycles. The third-order valence-corrected chi connectivity index (χ3v) is 6.53. The Bertz CT molecular complexity index is 1370. The lowest BCUT2D eigenvalue weighted by atomic mass is 10.0. The van der Waals surface area contributed by atoms with Gasteiger partial charge in [-0.1, -0.05) is 90.6 Å². The van der Waals surface area contributed by atoms with E-state index in [1.807, 2.05) is 84.4 Å². The third-order valence-electron chi connectivity index (χ3n) is 5.51. The molecule has 6 heteroatoms. The Balaban J connectivity index is 1.40. The highest BCUT2D eigenvalue weighted by atomic mass is 32.2. The molecule has 0 atom stereocenters. The number of aromatic amines is 1. The molecule has 2 aromatic heterocycles. The predicted octanol–water partition coefficient (Wildman–Crippen LogP) is 5.53. The molecule has 0 fully saturated rings. The van der Waals surface area contributed by atoms with Crippen LogP contribution in [0.2, 0.25) is 0 Å². The number of H-pyrrole nitrogens is 1. The molecular formula is C26H22N4OS. The fraction of sp³-hybridized carbons (Fsp3) is 0.115. The zero-order valence-electron chi connectivity index (χ0n) is 17.7. The minimum Gasteiger partial charge on any atom is -0.354 e. The maximum Gasteiger partial charge on any atom is 0.191 e. The van der Waals surface area contributed by atoms with Crippen LogP contribution in [0.25, 0.3) is 22.2 Å². The number of nitrogens with zero attached hydrogens (tertiary/aromatic N) is 3. The number of carbonyl (C=O) groups is 1. The number of benzene rings is 3. The molecule has 0 saturated carbocycles. The second-order valence-corrected chi connectivity index (χ2v) is 8.56. The van der Waals surface area contributed by atoms with Crippen LogP contribution in [0, 0.1) is 0 Å². The third kappa shape index (κ3) is 3.97. The van der Waals surface area contributed by atoms with E-state index in [1.165, 1.54) is 17.3 Å². The minimum atomic E-state index is 0.0684. The van der Waals surface area contributed by atoms with Gasteiger partial charge in [-0.25, -0.2) is 0 Å². The van der Waals surface area contributed by atoms with Crippen molar-refractivity contribution in [2.45, 2.75) is 11.6 Å². The molecule has 32 heavy (non-hydrogen) atoms. The molecule has 0 aliphatic rings. The van der Waals surface area contributed by atoms with Crippen molar-refractivity contribution in [2.75, 3.05) is 5.75 Å². The first-order valence-corrected chi connectivity index (χ1v) is 11.4. The summed E-state index contributed by atoms with van der Waals surface area (Å²) in [5, 5.41) is 10.4. The van der Waals surface area contributed by atoms with Crippen LogP contribution in [-0.4, -0.2) is 31.3 Å². The Hall–Kier alpha value is -3.64. The van der Waals surface area contributed by atoms with Crippen molar-refractivity contribution in [3.8, 4) is 11.3 Å². The van der Waals surface area contributed by atoms with Crippen molar-refractivity contribution in [3.63, 3.8) is 0 Å². The lowest BCUT2D eigenvalue weighted by Gasteiger charge is -2.06. The number of hydrogen-bond acceptors (Lipinski definition) is 4. The Labute approximate surface area is 190 Å². The second-order valence-electron chi connectivity index (χ2n) is 7.62. The molecule has 0 unspecified atom stereocenters. The average Bonchev–Trinajstić information content (AvgIpc) is 3.39. The molecule has 0 radical (unpaired) electrons. The van der Waals surface area contributed by atoms with Gasteiger partial charge in [0.25, 0.3) is 0 Å². The molecule has 0 amide bonds. The molecule has 0 saturated heterocycles. The maximum atomic E-state index is 13.4. The number of thioether (sulfide) groups is 1. The topological polar surface area (TPSA) is 63.6 Å². The quantitative estimate of drug-likeness (QED) is 0.268. The van der Waals surface area contributed by atoms with Crippen LogP contribution in [0.3, 0.4) is 0 Å². The molecular weight excluding hydrogens is 416 g/mol. The monoisotopic (exact) mass is 438 g/mol. The molecule has 0 bridgehead atoms. The number of hydrogen-bond donors (Lipinski definition) is 1. The van der Waals surface area contributed by atoms with Crippen LogP contribution < -0.4 is 0 Å². The average molecular weight is 439 g/mol. The fourth-order valence-electron chi connectivity index (χ4n) is 3.86. The largest absolute Gasteiger partial charge is 0.354 e. The zero-order chi connectivity index (χ0) is 21.9. The number of aromatic nitrogens is 4. The van der Waals surface area contributed by atoms with Gasteiger partial charge in [0.2, 0.25) is 0 Å². The zero-order valence-corrected chi connectivity index (χ0v) is 18.5. The molecule has 0 aliphatic heterocycles. The lowest BCUT2D eigenvalue weighted by Crippen LogP contribution is -2.06. The Kier molecular flexibility index (Phi) is 5.60. The van der Waals surface area contributed by atoms with Crippen LogP contribution in [0.5, 0.6) is 0 Å². The van der Waals surface area contributed by atoms with Crippen molar-refractivity contribution >= 4 is 28.4 Å². The molecule has 2 heterocycles. The number of Topliss-reactive ketones (excluding diaryl/α,β-unsaturated/α-hetero) is 1. The number of carbonyl (C=O) groups excluding carboxylic acids is 1. The Morgan fingerprint density at radius 1 is 0.906 bits per heavy atom. The van der Waals surface area contributed by atoms with E-state index in [9.17, 15) is 4.79 Å². The fourth-order valence-corrected chi connectivity index (χ4v) is 4.66. The minimum absolute atomic E-state index is 0.0684. The highest BCUT2D eigenvalue weighted by Gasteiger charge is 2.20.